The molecule has 0 bridgehead atoms. The van der Waals surface area contributed by atoms with Gasteiger partial charge >= 0.3 is 0 Å². The molecule has 0 radical (unpaired) electrons. The summed E-state index contributed by atoms with van der Waals surface area (Å²) >= 11 is 0. The molecular weight excluding hydrogens is 321 g/mol. The molecule has 0 saturated carbocycles. The Morgan fingerprint density at radius 1 is 1.13 bits per heavy atom. The molecule has 1 heterocycles. The molecule has 0 aliphatic rings. The van der Waals surface area contributed by atoms with Crippen LogP contribution in [-0.4, -0.2) is 29.0 Å². The van der Waals surface area contributed by atoms with Gasteiger partial charge in [-0.1, -0.05) is 30.3 Å². The van der Waals surface area contributed by atoms with Crippen LogP contribution in [0.2, 0.25) is 0 Å². The SMILES string of the molecule is O=S(=O)(Cc1ccccc1F)Nc1cccc(-c2nn[nH]n2)c1. The molecule has 0 fully saturated rings. The van der Waals surface area contributed by atoms with Gasteiger partial charge < -0.3 is 0 Å². The normalized spacial score (nSPS) is 11.3. The van der Waals surface area contributed by atoms with Gasteiger partial charge in [-0.2, -0.15) is 5.21 Å². The highest BCUT2D eigenvalue weighted by Gasteiger charge is 2.15. The summed E-state index contributed by atoms with van der Waals surface area (Å²) in [4.78, 5) is 0. The Morgan fingerprint density at radius 3 is 2.70 bits per heavy atom. The largest absolute Gasteiger partial charge is 0.283 e. The van der Waals surface area contributed by atoms with Crippen molar-refractivity contribution in [3.8, 4) is 11.4 Å². The first-order chi connectivity index (χ1) is 11.0. The fourth-order valence-electron chi connectivity index (χ4n) is 2.04. The molecule has 0 atom stereocenters. The van der Waals surface area contributed by atoms with Crippen molar-refractivity contribution in [3.05, 3.63) is 59.9 Å². The van der Waals surface area contributed by atoms with Crippen LogP contribution in [0.4, 0.5) is 10.1 Å². The lowest BCUT2D eigenvalue weighted by Crippen LogP contribution is -2.15. The quantitative estimate of drug-likeness (QED) is 0.743. The summed E-state index contributed by atoms with van der Waals surface area (Å²) < 4.78 is 40.4. The second-order valence-electron chi connectivity index (χ2n) is 4.77. The molecule has 118 valence electrons. The third kappa shape index (κ3) is 3.69. The molecule has 0 aliphatic carbocycles. The zero-order chi connectivity index (χ0) is 16.3. The Bertz CT molecular complexity index is 912. The number of anilines is 1. The number of nitrogens with zero attached hydrogens (tertiary/aromatic N) is 3. The van der Waals surface area contributed by atoms with E-state index in [9.17, 15) is 12.8 Å². The first-order valence-electron chi connectivity index (χ1n) is 6.61. The van der Waals surface area contributed by atoms with Gasteiger partial charge in [0.2, 0.25) is 15.8 Å². The molecular formula is C14H12FN5O2S. The summed E-state index contributed by atoms with van der Waals surface area (Å²) in [6, 6.07) is 12.3. The van der Waals surface area contributed by atoms with Gasteiger partial charge in [0.1, 0.15) is 5.82 Å². The van der Waals surface area contributed by atoms with Crippen molar-refractivity contribution >= 4 is 15.7 Å². The molecule has 0 aliphatic heterocycles. The zero-order valence-electron chi connectivity index (χ0n) is 11.8. The van der Waals surface area contributed by atoms with Crippen LogP contribution in [0.25, 0.3) is 11.4 Å². The fourth-order valence-corrected chi connectivity index (χ4v) is 3.24. The predicted molar refractivity (Wildman–Crippen MR) is 82.3 cm³/mol. The Balaban J connectivity index is 1.81. The van der Waals surface area contributed by atoms with Gasteiger partial charge in [-0.05, 0) is 23.4 Å². The summed E-state index contributed by atoms with van der Waals surface area (Å²) in [5.74, 6) is -0.662. The van der Waals surface area contributed by atoms with Gasteiger partial charge in [-0.3, -0.25) is 4.72 Å². The molecule has 23 heavy (non-hydrogen) atoms. The molecule has 7 nitrogen and oxygen atoms in total. The van der Waals surface area contributed by atoms with Crippen molar-refractivity contribution in [2.45, 2.75) is 5.75 Å². The van der Waals surface area contributed by atoms with Gasteiger partial charge in [-0.15, -0.1) is 10.2 Å². The van der Waals surface area contributed by atoms with Crippen molar-refractivity contribution in [1.82, 2.24) is 20.6 Å². The maximum absolute atomic E-state index is 13.6. The number of hydrogen-bond acceptors (Lipinski definition) is 5. The van der Waals surface area contributed by atoms with Crippen molar-refractivity contribution in [3.63, 3.8) is 0 Å². The number of rotatable bonds is 5. The number of aromatic nitrogens is 4. The van der Waals surface area contributed by atoms with E-state index < -0.39 is 21.6 Å². The van der Waals surface area contributed by atoms with Crippen molar-refractivity contribution in [1.29, 1.82) is 0 Å². The summed E-state index contributed by atoms with van der Waals surface area (Å²) in [5.41, 5.74) is 1.04. The zero-order valence-corrected chi connectivity index (χ0v) is 12.6. The minimum atomic E-state index is -3.75. The lowest BCUT2D eigenvalue weighted by Gasteiger charge is -2.09. The number of H-pyrrole nitrogens is 1. The van der Waals surface area contributed by atoms with Crippen LogP contribution >= 0.6 is 0 Å². The van der Waals surface area contributed by atoms with E-state index in [4.69, 9.17) is 0 Å². The van der Waals surface area contributed by atoms with E-state index >= 15 is 0 Å². The smallest absolute Gasteiger partial charge is 0.237 e. The van der Waals surface area contributed by atoms with E-state index in [1.54, 1.807) is 30.3 Å². The summed E-state index contributed by atoms with van der Waals surface area (Å²) in [6.45, 7) is 0. The van der Waals surface area contributed by atoms with E-state index in [2.05, 4.69) is 25.3 Å². The third-order valence-electron chi connectivity index (χ3n) is 3.04. The van der Waals surface area contributed by atoms with E-state index in [1.807, 2.05) is 0 Å². The maximum Gasteiger partial charge on any atom is 0.237 e. The van der Waals surface area contributed by atoms with Crippen LogP contribution in [0.5, 0.6) is 0 Å². The van der Waals surface area contributed by atoms with Crippen LogP contribution in [-0.2, 0) is 15.8 Å². The van der Waals surface area contributed by atoms with Crippen LogP contribution in [0.3, 0.4) is 0 Å². The van der Waals surface area contributed by atoms with E-state index in [1.165, 1.54) is 18.2 Å². The first-order valence-corrected chi connectivity index (χ1v) is 8.26. The summed E-state index contributed by atoms with van der Waals surface area (Å²) in [7, 11) is -3.75. The maximum atomic E-state index is 13.6. The predicted octanol–water partition coefficient (Wildman–Crippen LogP) is 1.95. The Morgan fingerprint density at radius 2 is 1.96 bits per heavy atom. The lowest BCUT2D eigenvalue weighted by molar-refractivity contribution is 0.591. The van der Waals surface area contributed by atoms with E-state index in [-0.39, 0.29) is 5.56 Å². The van der Waals surface area contributed by atoms with E-state index in [0.717, 1.165) is 0 Å². The number of benzene rings is 2. The standard InChI is InChI=1S/C14H12FN5O2S/c15-13-7-2-1-4-11(13)9-23(21,22)18-12-6-3-5-10(8-12)14-16-19-20-17-14/h1-8,18H,9H2,(H,16,17,19,20). The van der Waals surface area contributed by atoms with Crippen molar-refractivity contribution < 1.29 is 12.8 Å². The molecule has 2 N–H and O–H groups in total. The molecule has 2 aromatic carbocycles. The number of nitrogens with one attached hydrogen (secondary N) is 2. The number of tetrazole rings is 1. The Kier molecular flexibility index (Phi) is 4.02. The lowest BCUT2D eigenvalue weighted by atomic mass is 10.2. The van der Waals surface area contributed by atoms with Crippen molar-refractivity contribution in [2.75, 3.05) is 4.72 Å². The fraction of sp³-hybridized carbons (Fsp3) is 0.0714. The van der Waals surface area contributed by atoms with Gasteiger partial charge in [-0.25, -0.2) is 12.8 Å². The van der Waals surface area contributed by atoms with Crippen molar-refractivity contribution in [2.24, 2.45) is 0 Å². The second kappa shape index (κ2) is 6.13. The van der Waals surface area contributed by atoms with Crippen LogP contribution < -0.4 is 4.72 Å². The Labute approximate surface area is 131 Å². The van der Waals surface area contributed by atoms with Gasteiger partial charge in [0.15, 0.2) is 0 Å². The number of sulfonamides is 1. The number of hydrogen-bond donors (Lipinski definition) is 2. The molecule has 3 aromatic rings. The van der Waals surface area contributed by atoms with Gasteiger partial charge in [0.25, 0.3) is 0 Å². The topological polar surface area (TPSA) is 101 Å². The summed E-state index contributed by atoms with van der Waals surface area (Å²) in [5, 5.41) is 13.4. The molecule has 9 heteroatoms. The third-order valence-corrected chi connectivity index (χ3v) is 4.28. The van der Waals surface area contributed by atoms with Crippen LogP contribution in [0, 0.1) is 5.82 Å². The van der Waals surface area contributed by atoms with Crippen LogP contribution in [0.15, 0.2) is 48.5 Å². The average molecular weight is 333 g/mol. The highest BCUT2D eigenvalue weighted by atomic mass is 32.2. The number of aromatic amines is 1. The molecule has 3 rings (SSSR count). The molecule has 0 saturated heterocycles. The minimum Gasteiger partial charge on any atom is -0.283 e. The monoisotopic (exact) mass is 333 g/mol. The summed E-state index contributed by atoms with van der Waals surface area (Å²) in [6.07, 6.45) is 0. The highest BCUT2D eigenvalue weighted by molar-refractivity contribution is 7.91. The van der Waals surface area contributed by atoms with Crippen LogP contribution in [0.1, 0.15) is 5.56 Å². The highest BCUT2D eigenvalue weighted by Crippen LogP contribution is 2.20. The average Bonchev–Trinajstić information content (AvgIpc) is 3.03. The minimum absolute atomic E-state index is 0.106. The van der Waals surface area contributed by atoms with Gasteiger partial charge in [0, 0.05) is 16.8 Å². The molecule has 0 amide bonds. The van der Waals surface area contributed by atoms with E-state index in [0.29, 0.717) is 17.1 Å². The Hall–Kier alpha value is -2.81. The number of halogens is 1. The first kappa shape index (κ1) is 15.1. The molecule has 1 aromatic heterocycles. The van der Waals surface area contributed by atoms with Gasteiger partial charge in [0.05, 0.1) is 5.75 Å². The second-order valence-corrected chi connectivity index (χ2v) is 6.49. The molecule has 0 unspecified atom stereocenters. The molecule has 0 spiro atoms.